The lowest BCUT2D eigenvalue weighted by Crippen LogP contribution is -2.41. The minimum Gasteiger partial charge on any atom is -0.493 e. The Balaban J connectivity index is 1.15. The molecule has 2 aliphatic heterocycles. The molecule has 3 aromatic rings. The molecule has 11 nitrogen and oxygen atoms in total. The van der Waals surface area contributed by atoms with Crippen LogP contribution in [-0.4, -0.2) is 85.4 Å². The average Bonchev–Trinajstić information content (AvgIpc) is 3.46. The first-order valence-corrected chi connectivity index (χ1v) is 13.1. The van der Waals surface area contributed by atoms with Crippen LogP contribution in [0.15, 0.2) is 47.0 Å². The first kappa shape index (κ1) is 26.6. The Morgan fingerprint density at radius 3 is 2.49 bits per heavy atom. The molecule has 2 amide bonds. The number of likely N-dealkylation sites (tertiary alicyclic amines) is 1. The van der Waals surface area contributed by atoms with Crippen molar-refractivity contribution in [3.63, 3.8) is 0 Å². The van der Waals surface area contributed by atoms with E-state index in [1.54, 1.807) is 37.3 Å². The lowest BCUT2D eigenvalue weighted by Gasteiger charge is -2.30. The molecule has 0 spiro atoms. The second-order valence-electron chi connectivity index (χ2n) is 9.57. The third-order valence-electron chi connectivity index (χ3n) is 7.14. The van der Waals surface area contributed by atoms with Crippen molar-refractivity contribution >= 4 is 17.5 Å². The molecule has 39 heavy (non-hydrogen) atoms. The second-order valence-corrected chi connectivity index (χ2v) is 9.57. The number of amides is 2. The highest BCUT2D eigenvalue weighted by Crippen LogP contribution is 2.31. The minimum absolute atomic E-state index is 0.0644. The number of anilines is 1. The van der Waals surface area contributed by atoms with E-state index < -0.39 is 0 Å². The van der Waals surface area contributed by atoms with E-state index in [4.69, 9.17) is 18.7 Å². The summed E-state index contributed by atoms with van der Waals surface area (Å²) < 4.78 is 21.5. The molecule has 1 N–H and O–H groups in total. The molecular weight excluding hydrogens is 502 g/mol. The Morgan fingerprint density at radius 2 is 1.74 bits per heavy atom. The van der Waals surface area contributed by atoms with Gasteiger partial charge in [0.1, 0.15) is 0 Å². The van der Waals surface area contributed by atoms with Gasteiger partial charge >= 0.3 is 0 Å². The number of benzene rings is 2. The molecule has 3 heterocycles. The maximum atomic E-state index is 13.1. The van der Waals surface area contributed by atoms with Gasteiger partial charge in [-0.2, -0.15) is 4.98 Å². The molecule has 0 saturated carbocycles. The van der Waals surface area contributed by atoms with E-state index in [0.717, 1.165) is 18.7 Å². The summed E-state index contributed by atoms with van der Waals surface area (Å²) in [4.78, 5) is 34.6. The van der Waals surface area contributed by atoms with Crippen LogP contribution in [0.5, 0.6) is 11.5 Å². The minimum atomic E-state index is -0.141. The summed E-state index contributed by atoms with van der Waals surface area (Å²) in [5.41, 5.74) is 1.83. The predicted molar refractivity (Wildman–Crippen MR) is 143 cm³/mol. The highest BCUT2D eigenvalue weighted by atomic mass is 16.5. The Bertz CT molecular complexity index is 1300. The monoisotopic (exact) mass is 535 g/mol. The van der Waals surface area contributed by atoms with Gasteiger partial charge in [-0.05, 0) is 56.3 Å². The molecule has 2 aromatic carbocycles. The number of nitrogens with one attached hydrogen (secondary N) is 1. The van der Waals surface area contributed by atoms with E-state index in [-0.39, 0.29) is 17.7 Å². The van der Waals surface area contributed by atoms with Gasteiger partial charge in [-0.1, -0.05) is 17.3 Å². The summed E-state index contributed by atoms with van der Waals surface area (Å²) >= 11 is 0. The average molecular weight is 536 g/mol. The zero-order valence-corrected chi connectivity index (χ0v) is 22.2. The molecule has 206 valence electrons. The van der Waals surface area contributed by atoms with Crippen molar-refractivity contribution in [2.24, 2.45) is 5.92 Å². The Morgan fingerprint density at radius 1 is 1.00 bits per heavy atom. The molecule has 0 bridgehead atoms. The van der Waals surface area contributed by atoms with Crippen molar-refractivity contribution in [2.75, 3.05) is 58.9 Å². The molecule has 1 aromatic heterocycles. The fourth-order valence-corrected chi connectivity index (χ4v) is 4.91. The summed E-state index contributed by atoms with van der Waals surface area (Å²) in [6.45, 7) is 4.11. The summed E-state index contributed by atoms with van der Waals surface area (Å²) in [5, 5.41) is 7.13. The highest BCUT2D eigenvalue weighted by Gasteiger charge is 2.28. The van der Waals surface area contributed by atoms with Gasteiger partial charge < -0.3 is 29.0 Å². The fraction of sp³-hybridized carbons (Fsp3) is 0.429. The lowest BCUT2D eigenvalue weighted by molar-refractivity contribution is -0.121. The number of hydrogen-bond acceptors (Lipinski definition) is 9. The standard InChI is InChI=1S/C28H33N5O6/c1-36-23-8-7-20(17-24(23)37-2)26-30-25(39-31-26)18-32-11-9-19(10-12-32)27(34)29-22-6-4-3-5-21(22)28(35)33-13-15-38-16-14-33/h3-8,17,19H,9-16,18H2,1-2H3,(H,29,34). The molecule has 11 heteroatoms. The van der Waals surface area contributed by atoms with Crippen molar-refractivity contribution < 1.29 is 28.3 Å². The zero-order chi connectivity index (χ0) is 27.2. The van der Waals surface area contributed by atoms with Gasteiger partial charge in [-0.25, -0.2) is 0 Å². The SMILES string of the molecule is COc1ccc(-c2noc(CN3CCC(C(=O)Nc4ccccc4C(=O)N4CCOCC4)CC3)n2)cc1OC. The number of rotatable bonds is 8. The van der Waals surface area contributed by atoms with Gasteiger partial charge in [0.05, 0.1) is 45.2 Å². The number of aromatic nitrogens is 2. The summed E-state index contributed by atoms with van der Waals surface area (Å²) in [6, 6.07) is 12.7. The number of carbonyl (C=O) groups is 2. The van der Waals surface area contributed by atoms with Crippen LogP contribution in [0.4, 0.5) is 5.69 Å². The van der Waals surface area contributed by atoms with Crippen LogP contribution in [0.1, 0.15) is 29.1 Å². The third kappa shape index (κ3) is 6.21. The smallest absolute Gasteiger partial charge is 0.256 e. The largest absolute Gasteiger partial charge is 0.493 e. The maximum Gasteiger partial charge on any atom is 0.256 e. The molecule has 0 unspecified atom stereocenters. The summed E-state index contributed by atoms with van der Waals surface area (Å²) in [7, 11) is 3.17. The van der Waals surface area contributed by atoms with Gasteiger partial charge in [-0.3, -0.25) is 14.5 Å². The van der Waals surface area contributed by atoms with Crippen LogP contribution in [0.2, 0.25) is 0 Å². The van der Waals surface area contributed by atoms with Crippen LogP contribution in [0.3, 0.4) is 0 Å². The Labute approximate surface area is 227 Å². The van der Waals surface area contributed by atoms with E-state index in [2.05, 4.69) is 20.4 Å². The van der Waals surface area contributed by atoms with Crippen molar-refractivity contribution in [1.82, 2.24) is 19.9 Å². The molecule has 0 aliphatic carbocycles. The lowest BCUT2D eigenvalue weighted by atomic mass is 9.95. The first-order valence-electron chi connectivity index (χ1n) is 13.1. The maximum absolute atomic E-state index is 13.1. The topological polar surface area (TPSA) is 119 Å². The number of nitrogens with zero attached hydrogens (tertiary/aromatic N) is 4. The van der Waals surface area contributed by atoms with Gasteiger partial charge in [-0.15, -0.1) is 0 Å². The number of morpholine rings is 1. The number of para-hydroxylation sites is 1. The van der Waals surface area contributed by atoms with Gasteiger partial charge in [0, 0.05) is 24.6 Å². The Hall–Kier alpha value is -3.96. The van der Waals surface area contributed by atoms with Crippen molar-refractivity contribution in [3.05, 3.63) is 53.9 Å². The number of ether oxygens (including phenoxy) is 3. The molecular formula is C28H33N5O6. The fourth-order valence-electron chi connectivity index (χ4n) is 4.91. The van der Waals surface area contributed by atoms with Gasteiger partial charge in [0.15, 0.2) is 11.5 Å². The van der Waals surface area contributed by atoms with E-state index in [1.807, 2.05) is 24.3 Å². The zero-order valence-electron chi connectivity index (χ0n) is 22.2. The van der Waals surface area contributed by atoms with E-state index >= 15 is 0 Å². The van der Waals surface area contributed by atoms with Crippen LogP contribution in [-0.2, 0) is 16.1 Å². The van der Waals surface area contributed by atoms with Crippen molar-refractivity contribution in [1.29, 1.82) is 0 Å². The van der Waals surface area contributed by atoms with Gasteiger partial charge in [0.2, 0.25) is 17.6 Å². The Kier molecular flexibility index (Phi) is 8.38. The second kappa shape index (κ2) is 12.3. The van der Waals surface area contributed by atoms with Crippen LogP contribution in [0.25, 0.3) is 11.4 Å². The third-order valence-corrected chi connectivity index (χ3v) is 7.14. The predicted octanol–water partition coefficient (Wildman–Crippen LogP) is 3.08. The van der Waals surface area contributed by atoms with Crippen LogP contribution >= 0.6 is 0 Å². The van der Waals surface area contributed by atoms with Crippen LogP contribution < -0.4 is 14.8 Å². The van der Waals surface area contributed by atoms with E-state index in [0.29, 0.717) is 80.2 Å². The van der Waals surface area contributed by atoms with E-state index in [9.17, 15) is 9.59 Å². The number of methoxy groups -OCH3 is 2. The summed E-state index contributed by atoms with van der Waals surface area (Å²) in [6.07, 6.45) is 1.39. The highest BCUT2D eigenvalue weighted by molar-refractivity contribution is 6.04. The number of carbonyl (C=O) groups excluding carboxylic acids is 2. The van der Waals surface area contributed by atoms with Crippen molar-refractivity contribution in [2.45, 2.75) is 19.4 Å². The normalized spacial score (nSPS) is 16.6. The van der Waals surface area contributed by atoms with Gasteiger partial charge in [0.25, 0.3) is 5.91 Å². The molecule has 2 saturated heterocycles. The molecule has 5 rings (SSSR count). The molecule has 0 atom stereocenters. The molecule has 0 radical (unpaired) electrons. The van der Waals surface area contributed by atoms with Crippen molar-refractivity contribution in [3.8, 4) is 22.9 Å². The molecule has 2 fully saturated rings. The van der Waals surface area contributed by atoms with E-state index in [1.165, 1.54) is 0 Å². The number of hydrogen-bond donors (Lipinski definition) is 1. The van der Waals surface area contributed by atoms with Crippen LogP contribution in [0, 0.1) is 5.92 Å². The molecule has 2 aliphatic rings. The number of piperidine rings is 1. The quantitative estimate of drug-likeness (QED) is 0.464. The summed E-state index contributed by atoms with van der Waals surface area (Å²) in [5.74, 6) is 1.92. The first-order chi connectivity index (χ1) is 19.1.